The molecule has 0 spiro atoms. The molecule has 0 saturated heterocycles. The van der Waals surface area contributed by atoms with Gasteiger partial charge in [-0.3, -0.25) is 0 Å². The van der Waals surface area contributed by atoms with Crippen molar-refractivity contribution in [2.45, 2.75) is 156 Å². The number of rotatable bonds is 26. The SMILES string of the molecule is C[Si](C)(C)O[Si](C)(C)O[Si](C)(CCCNCCN)O[Si](C)(C)C.C[Si](C)(C)O[Si](C)(C)O[Si](C)(CCCNCCN)O[Si](C)(C)O[Si](C)(C)C. The first-order valence-electron chi connectivity index (χ1n) is 18.8. The van der Waals surface area contributed by atoms with Gasteiger partial charge in [-0.1, -0.05) is 0 Å². The van der Waals surface area contributed by atoms with Crippen LogP contribution in [0.2, 0.25) is 143 Å². The monoisotopic (exact) mass is 866 g/mol. The van der Waals surface area contributed by atoms with Gasteiger partial charge in [0.2, 0.25) is 0 Å². The van der Waals surface area contributed by atoms with Crippen LogP contribution in [0.4, 0.5) is 0 Å². The second kappa shape index (κ2) is 22.3. The second-order valence-electron chi connectivity index (χ2n) is 18.9. The molecule has 0 heterocycles. The largest absolute Gasteiger partial charge is 0.437 e. The topological polar surface area (TPSA) is 141 Å². The van der Waals surface area contributed by atoms with Gasteiger partial charge in [0, 0.05) is 26.2 Å². The zero-order valence-corrected chi connectivity index (χ0v) is 45.6. The van der Waals surface area contributed by atoms with Crippen LogP contribution in [-0.2, 0) is 28.8 Å². The summed E-state index contributed by atoms with van der Waals surface area (Å²) in [5.74, 6) is 0. The van der Waals surface area contributed by atoms with Crippen LogP contribution in [0.1, 0.15) is 12.8 Å². The maximum Gasteiger partial charge on any atom is 0.317 e. The molecular weight excluding hydrogens is 781 g/mol. The molecule has 0 aromatic heterocycles. The van der Waals surface area contributed by atoms with E-state index in [1.54, 1.807) is 0 Å². The third-order valence-corrected chi connectivity index (χ3v) is 37.2. The van der Waals surface area contributed by atoms with E-state index in [1.807, 2.05) is 0 Å². The van der Waals surface area contributed by atoms with E-state index >= 15 is 0 Å². The highest BCUT2D eigenvalue weighted by atomic mass is 28.5. The lowest BCUT2D eigenvalue weighted by Crippen LogP contribution is -2.59. The summed E-state index contributed by atoms with van der Waals surface area (Å²) in [5.41, 5.74) is 11.1. The average Bonchev–Trinajstić information content (AvgIpc) is 2.76. The molecular formula is C30H86N4O7Si9. The molecule has 0 saturated carbocycles. The van der Waals surface area contributed by atoms with Crippen LogP contribution in [0.15, 0.2) is 0 Å². The van der Waals surface area contributed by atoms with Gasteiger partial charge in [0.15, 0.2) is 33.3 Å². The summed E-state index contributed by atoms with van der Waals surface area (Å²) >= 11 is 0. The fourth-order valence-electron chi connectivity index (χ4n) is 6.25. The first-order valence-corrected chi connectivity index (χ1v) is 45.9. The predicted octanol–water partition coefficient (Wildman–Crippen LogP) is 7.55. The maximum absolute atomic E-state index is 6.74. The molecule has 304 valence electrons. The Morgan fingerprint density at radius 2 is 0.580 bits per heavy atom. The van der Waals surface area contributed by atoms with Crippen molar-refractivity contribution in [1.29, 1.82) is 0 Å². The summed E-state index contributed by atoms with van der Waals surface area (Å²) in [6.07, 6.45) is 2.07. The van der Waals surface area contributed by atoms with Gasteiger partial charge < -0.3 is 50.9 Å². The molecule has 0 rings (SSSR count). The van der Waals surface area contributed by atoms with Crippen LogP contribution in [0.5, 0.6) is 0 Å². The lowest BCUT2D eigenvalue weighted by molar-refractivity contribution is 0.292. The van der Waals surface area contributed by atoms with Crippen molar-refractivity contribution in [3.63, 3.8) is 0 Å². The normalized spacial score (nSPS) is 15.5. The lowest BCUT2D eigenvalue weighted by Gasteiger charge is -2.43. The lowest BCUT2D eigenvalue weighted by atomic mass is 10.5. The standard InChI is InChI=1S/C16H46N2O4Si5.C14H40N2O3Si4/c1-23(2,3)19-25(7,8)21-27(11,16-12-14-18-15-13-17)22-26(9,10)20-24(4,5)6;1-20(2,3)17-22(7,8)19-23(9,18-21(4,5)6)14-10-12-16-13-11-15/h18H,12-17H2,1-11H3;16H,10-15H2,1-9H3. The molecule has 0 radical (unpaired) electrons. The van der Waals surface area contributed by atoms with Crippen LogP contribution < -0.4 is 22.1 Å². The van der Waals surface area contributed by atoms with Crippen LogP contribution in [0.3, 0.4) is 0 Å². The number of nitrogens with one attached hydrogen (secondary N) is 2. The first-order chi connectivity index (χ1) is 22.1. The van der Waals surface area contributed by atoms with E-state index in [9.17, 15) is 0 Å². The Morgan fingerprint density at radius 1 is 0.340 bits per heavy atom. The Hall–Kier alpha value is 1.51. The molecule has 20 heteroatoms. The summed E-state index contributed by atoms with van der Waals surface area (Å²) in [6, 6.07) is 1.93. The van der Waals surface area contributed by atoms with Crippen molar-refractivity contribution in [2.75, 3.05) is 39.3 Å². The maximum atomic E-state index is 6.74. The number of nitrogens with two attached hydrogens (primary N) is 2. The Bertz CT molecular complexity index is 900. The van der Waals surface area contributed by atoms with E-state index in [0.717, 1.165) is 51.1 Å². The minimum atomic E-state index is -2.43. The van der Waals surface area contributed by atoms with Crippen molar-refractivity contribution in [3.05, 3.63) is 0 Å². The fraction of sp³-hybridized carbons (Fsp3) is 1.00. The van der Waals surface area contributed by atoms with E-state index in [-0.39, 0.29) is 0 Å². The molecule has 0 aliphatic rings. The van der Waals surface area contributed by atoms with Crippen molar-refractivity contribution >= 4 is 76.1 Å². The molecule has 50 heavy (non-hydrogen) atoms. The second-order valence-corrected chi connectivity index (χ2v) is 55.5. The molecule has 6 N–H and O–H groups in total. The third kappa shape index (κ3) is 32.9. The van der Waals surface area contributed by atoms with E-state index in [2.05, 4.69) is 142 Å². The molecule has 0 bridgehead atoms. The van der Waals surface area contributed by atoms with Gasteiger partial charge in [0.25, 0.3) is 0 Å². The van der Waals surface area contributed by atoms with Gasteiger partial charge in [-0.15, -0.1) is 0 Å². The molecule has 1 unspecified atom stereocenters. The summed E-state index contributed by atoms with van der Waals surface area (Å²) in [7, 11) is -18.0. The van der Waals surface area contributed by atoms with Gasteiger partial charge in [0.1, 0.15) is 0 Å². The van der Waals surface area contributed by atoms with Gasteiger partial charge in [-0.2, -0.15) is 0 Å². The number of hydrogen-bond acceptors (Lipinski definition) is 11. The molecule has 0 aromatic rings. The van der Waals surface area contributed by atoms with E-state index in [4.69, 9.17) is 40.3 Å². The van der Waals surface area contributed by atoms with Crippen LogP contribution in [0, 0.1) is 0 Å². The first kappa shape index (κ1) is 53.6. The molecule has 0 aromatic carbocycles. The predicted molar refractivity (Wildman–Crippen MR) is 239 cm³/mol. The summed E-state index contributed by atoms with van der Waals surface area (Å²) in [5, 5.41) is 6.73. The highest BCUT2D eigenvalue weighted by Gasteiger charge is 2.47. The van der Waals surface area contributed by atoms with Gasteiger partial charge >= 0.3 is 42.8 Å². The van der Waals surface area contributed by atoms with Crippen molar-refractivity contribution < 1.29 is 28.8 Å². The Labute approximate surface area is 320 Å². The summed E-state index contributed by atoms with van der Waals surface area (Å²) < 4.78 is 45.9. The fourth-order valence-corrected chi connectivity index (χ4v) is 47.6. The van der Waals surface area contributed by atoms with Crippen LogP contribution >= 0.6 is 0 Å². The van der Waals surface area contributed by atoms with Crippen molar-refractivity contribution in [2.24, 2.45) is 11.5 Å². The smallest absolute Gasteiger partial charge is 0.317 e. The highest BCUT2D eigenvalue weighted by Crippen LogP contribution is 2.30. The molecule has 11 nitrogen and oxygen atoms in total. The number of hydrogen-bond donors (Lipinski definition) is 4. The highest BCUT2D eigenvalue weighted by molar-refractivity contribution is 6.91. The summed E-state index contributed by atoms with van der Waals surface area (Å²) in [4.78, 5) is 0. The quantitative estimate of drug-likeness (QED) is 0.0506. The minimum Gasteiger partial charge on any atom is -0.437 e. The molecule has 0 amide bonds. The molecule has 0 aliphatic carbocycles. The van der Waals surface area contributed by atoms with Gasteiger partial charge in [-0.25, -0.2) is 0 Å². The van der Waals surface area contributed by atoms with E-state index < -0.39 is 76.1 Å². The van der Waals surface area contributed by atoms with Crippen molar-refractivity contribution in [1.82, 2.24) is 10.6 Å². The van der Waals surface area contributed by atoms with Crippen molar-refractivity contribution in [3.8, 4) is 0 Å². The zero-order chi connectivity index (χ0) is 39.9. The minimum absolute atomic E-state index is 0.662. The van der Waals surface area contributed by atoms with Crippen LogP contribution in [-0.4, -0.2) is 115 Å². The Morgan fingerprint density at radius 3 is 0.800 bits per heavy atom. The Kier molecular flexibility index (Phi) is 23.9. The average molecular weight is 868 g/mol. The van der Waals surface area contributed by atoms with E-state index in [1.165, 1.54) is 0 Å². The molecule has 0 fully saturated rings. The van der Waals surface area contributed by atoms with Gasteiger partial charge in [-0.05, 0) is 169 Å². The molecule has 0 aliphatic heterocycles. The summed E-state index contributed by atoms with van der Waals surface area (Å²) in [6.45, 7) is 49.0. The molecule has 1 atom stereocenters. The Balaban J connectivity index is 0. The van der Waals surface area contributed by atoms with Gasteiger partial charge in [0.05, 0.1) is 0 Å². The third-order valence-electron chi connectivity index (χ3n) is 6.17. The zero-order valence-electron chi connectivity index (χ0n) is 36.6. The van der Waals surface area contributed by atoms with Crippen LogP contribution in [0.25, 0.3) is 0 Å². The van der Waals surface area contributed by atoms with E-state index in [0.29, 0.717) is 13.1 Å².